The first kappa shape index (κ1) is 13.4. The molecule has 0 atom stereocenters. The summed E-state index contributed by atoms with van der Waals surface area (Å²) in [5.74, 6) is 1.99. The maximum Gasteiger partial charge on any atom is 0.152 e. The van der Waals surface area contributed by atoms with Gasteiger partial charge in [0, 0.05) is 26.3 Å². The van der Waals surface area contributed by atoms with Crippen LogP contribution in [0.4, 0.5) is 5.82 Å². The first-order valence-corrected chi connectivity index (χ1v) is 7.67. The minimum Gasteiger partial charge on any atom is -0.358 e. The smallest absolute Gasteiger partial charge is 0.152 e. The molecule has 2 aromatic heterocycles. The number of pyridine rings is 1. The van der Waals surface area contributed by atoms with Gasteiger partial charge in [-0.2, -0.15) is 0 Å². The fraction of sp³-hybridized carbons (Fsp3) is 0.562. The minimum absolute atomic E-state index is 0.858. The van der Waals surface area contributed by atoms with Gasteiger partial charge in [-0.3, -0.25) is 0 Å². The largest absolute Gasteiger partial charge is 0.358 e. The van der Waals surface area contributed by atoms with Gasteiger partial charge < -0.3 is 14.6 Å². The zero-order valence-corrected chi connectivity index (χ0v) is 12.5. The van der Waals surface area contributed by atoms with E-state index in [1.165, 1.54) is 25.0 Å². The molecule has 0 unspecified atom stereocenters. The molecule has 0 amide bonds. The van der Waals surface area contributed by atoms with Crippen molar-refractivity contribution in [1.29, 1.82) is 0 Å². The molecule has 108 valence electrons. The first-order valence-electron chi connectivity index (χ1n) is 7.67. The molecule has 1 fully saturated rings. The fourth-order valence-electron chi connectivity index (χ4n) is 2.90. The fourth-order valence-corrected chi connectivity index (χ4v) is 2.90. The molecule has 0 saturated heterocycles. The molecule has 1 N–H and O–H groups in total. The second kappa shape index (κ2) is 5.83. The highest BCUT2D eigenvalue weighted by Gasteiger charge is 2.22. The van der Waals surface area contributed by atoms with Gasteiger partial charge in [-0.25, -0.2) is 4.98 Å². The Labute approximate surface area is 120 Å². The lowest BCUT2D eigenvalue weighted by Gasteiger charge is -2.30. The van der Waals surface area contributed by atoms with Crippen LogP contribution in [0, 0.1) is 5.92 Å². The topological polar surface area (TPSA) is 32.6 Å². The molecule has 2 heterocycles. The second-order valence-corrected chi connectivity index (χ2v) is 5.77. The Balaban J connectivity index is 1.90. The van der Waals surface area contributed by atoms with E-state index in [0.717, 1.165) is 37.0 Å². The molecule has 0 aliphatic heterocycles. The van der Waals surface area contributed by atoms with E-state index in [-0.39, 0.29) is 0 Å². The number of anilines is 1. The van der Waals surface area contributed by atoms with Gasteiger partial charge in [-0.05, 0) is 37.4 Å². The third kappa shape index (κ3) is 2.52. The summed E-state index contributed by atoms with van der Waals surface area (Å²) in [6.07, 6.45) is 6.25. The molecule has 0 radical (unpaired) electrons. The highest BCUT2D eigenvalue weighted by atomic mass is 15.2. The summed E-state index contributed by atoms with van der Waals surface area (Å²) in [7, 11) is 2.18. The maximum absolute atomic E-state index is 4.83. The van der Waals surface area contributed by atoms with Crippen molar-refractivity contribution in [2.24, 2.45) is 5.92 Å². The van der Waals surface area contributed by atoms with E-state index >= 15 is 0 Å². The summed E-state index contributed by atoms with van der Waals surface area (Å²) in [5.41, 5.74) is 2.31. The van der Waals surface area contributed by atoms with Gasteiger partial charge in [0.1, 0.15) is 5.65 Å². The van der Waals surface area contributed by atoms with Crippen molar-refractivity contribution in [1.82, 2.24) is 14.7 Å². The van der Waals surface area contributed by atoms with E-state index in [1.807, 2.05) is 0 Å². The van der Waals surface area contributed by atoms with Crippen molar-refractivity contribution in [3.05, 3.63) is 30.1 Å². The highest BCUT2D eigenvalue weighted by molar-refractivity contribution is 5.55. The summed E-state index contributed by atoms with van der Waals surface area (Å²) in [6.45, 7) is 5.11. The number of fused-ring (bicyclic) bond motifs is 1. The SMILES string of the molecule is CCNCc1c(N(C)CC2CCC2)nc2ccccn12. The van der Waals surface area contributed by atoms with Gasteiger partial charge in [0.05, 0.1) is 5.69 Å². The van der Waals surface area contributed by atoms with Gasteiger partial charge in [-0.1, -0.05) is 19.4 Å². The third-order valence-corrected chi connectivity index (χ3v) is 4.27. The average Bonchev–Trinajstić information content (AvgIpc) is 2.79. The molecule has 1 aliphatic carbocycles. The highest BCUT2D eigenvalue weighted by Crippen LogP contribution is 2.29. The van der Waals surface area contributed by atoms with Crippen LogP contribution in [-0.4, -0.2) is 29.5 Å². The summed E-state index contributed by atoms with van der Waals surface area (Å²) in [4.78, 5) is 7.16. The number of nitrogens with zero attached hydrogens (tertiary/aromatic N) is 3. The van der Waals surface area contributed by atoms with E-state index in [4.69, 9.17) is 4.98 Å². The zero-order chi connectivity index (χ0) is 13.9. The Morgan fingerprint density at radius 1 is 1.40 bits per heavy atom. The van der Waals surface area contributed by atoms with Crippen molar-refractivity contribution < 1.29 is 0 Å². The van der Waals surface area contributed by atoms with Crippen LogP contribution < -0.4 is 10.2 Å². The van der Waals surface area contributed by atoms with Crippen LogP contribution in [-0.2, 0) is 6.54 Å². The van der Waals surface area contributed by atoms with Crippen LogP contribution in [0.25, 0.3) is 5.65 Å². The summed E-state index contributed by atoms with van der Waals surface area (Å²) in [5, 5.41) is 3.43. The molecule has 0 bridgehead atoms. The molecule has 2 aromatic rings. The number of imidazole rings is 1. The molecule has 20 heavy (non-hydrogen) atoms. The molecular weight excluding hydrogens is 248 g/mol. The van der Waals surface area contributed by atoms with Gasteiger partial charge in [0.15, 0.2) is 5.82 Å². The number of hydrogen-bond donors (Lipinski definition) is 1. The van der Waals surface area contributed by atoms with E-state index in [1.54, 1.807) is 0 Å². The number of rotatable bonds is 6. The maximum atomic E-state index is 4.83. The molecule has 4 nitrogen and oxygen atoms in total. The van der Waals surface area contributed by atoms with Crippen LogP contribution in [0.5, 0.6) is 0 Å². The van der Waals surface area contributed by atoms with Crippen LogP contribution in [0.1, 0.15) is 31.9 Å². The monoisotopic (exact) mass is 272 g/mol. The van der Waals surface area contributed by atoms with E-state index < -0.39 is 0 Å². The molecule has 3 rings (SSSR count). The molecular formula is C16H24N4. The van der Waals surface area contributed by atoms with Crippen molar-refractivity contribution >= 4 is 11.5 Å². The van der Waals surface area contributed by atoms with Gasteiger partial charge in [0.2, 0.25) is 0 Å². The third-order valence-electron chi connectivity index (χ3n) is 4.27. The lowest BCUT2D eigenvalue weighted by atomic mass is 9.85. The quantitative estimate of drug-likeness (QED) is 0.877. The minimum atomic E-state index is 0.858. The molecule has 1 aliphatic rings. The first-order chi connectivity index (χ1) is 9.79. The van der Waals surface area contributed by atoms with Crippen LogP contribution >= 0.6 is 0 Å². The summed E-state index contributed by atoms with van der Waals surface area (Å²) < 4.78 is 2.20. The van der Waals surface area contributed by atoms with Gasteiger partial charge in [-0.15, -0.1) is 0 Å². The van der Waals surface area contributed by atoms with Crippen LogP contribution in [0.2, 0.25) is 0 Å². The van der Waals surface area contributed by atoms with Crippen LogP contribution in [0.3, 0.4) is 0 Å². The number of aromatic nitrogens is 2. The Morgan fingerprint density at radius 3 is 2.95 bits per heavy atom. The molecule has 0 aromatic carbocycles. The van der Waals surface area contributed by atoms with E-state index in [2.05, 4.69) is 53.0 Å². The van der Waals surface area contributed by atoms with E-state index in [9.17, 15) is 0 Å². The Bertz CT molecular complexity index is 571. The Hall–Kier alpha value is -1.55. The summed E-state index contributed by atoms with van der Waals surface area (Å²) >= 11 is 0. The molecule has 4 heteroatoms. The number of hydrogen-bond acceptors (Lipinski definition) is 3. The zero-order valence-electron chi connectivity index (χ0n) is 12.5. The van der Waals surface area contributed by atoms with Gasteiger partial charge >= 0.3 is 0 Å². The van der Waals surface area contributed by atoms with Crippen LogP contribution in [0.15, 0.2) is 24.4 Å². The predicted molar refractivity (Wildman–Crippen MR) is 83.2 cm³/mol. The van der Waals surface area contributed by atoms with Crippen molar-refractivity contribution in [2.45, 2.75) is 32.7 Å². The number of nitrogens with one attached hydrogen (secondary N) is 1. The van der Waals surface area contributed by atoms with Crippen molar-refractivity contribution in [3.63, 3.8) is 0 Å². The molecule has 1 saturated carbocycles. The lowest BCUT2D eigenvalue weighted by molar-refractivity contribution is 0.321. The predicted octanol–water partition coefficient (Wildman–Crippen LogP) is 2.68. The Kier molecular flexibility index (Phi) is 3.92. The normalized spacial score (nSPS) is 15.5. The lowest BCUT2D eigenvalue weighted by Crippen LogP contribution is -2.30. The van der Waals surface area contributed by atoms with Crippen molar-refractivity contribution in [3.8, 4) is 0 Å². The second-order valence-electron chi connectivity index (χ2n) is 5.77. The Morgan fingerprint density at radius 2 is 2.25 bits per heavy atom. The van der Waals surface area contributed by atoms with Crippen molar-refractivity contribution in [2.75, 3.05) is 25.0 Å². The standard InChI is InChI=1S/C16H24N4/c1-3-17-11-14-16(19(2)12-13-7-6-8-13)18-15-9-4-5-10-20(14)15/h4-5,9-10,13,17H,3,6-8,11-12H2,1-2H3. The van der Waals surface area contributed by atoms with E-state index in [0.29, 0.717) is 0 Å². The molecule has 0 spiro atoms. The van der Waals surface area contributed by atoms with Gasteiger partial charge in [0.25, 0.3) is 0 Å². The summed E-state index contributed by atoms with van der Waals surface area (Å²) in [6, 6.07) is 6.20. The average molecular weight is 272 g/mol.